The second kappa shape index (κ2) is 4.09. The third kappa shape index (κ3) is 1.74. The van der Waals surface area contributed by atoms with Crippen LogP contribution in [0, 0.1) is 0 Å². The molecule has 0 saturated carbocycles. The molecule has 84 valence electrons. The zero-order valence-electron chi connectivity index (χ0n) is 8.97. The van der Waals surface area contributed by atoms with Crippen molar-refractivity contribution < 1.29 is 4.74 Å². The highest BCUT2D eigenvalue weighted by atomic mass is 16.5. The van der Waals surface area contributed by atoms with E-state index in [9.17, 15) is 0 Å². The number of hydrogen-bond acceptors (Lipinski definition) is 3. The molecule has 2 aromatic heterocycles. The molecule has 0 radical (unpaired) electrons. The summed E-state index contributed by atoms with van der Waals surface area (Å²) in [5, 5.41) is 11.1. The Labute approximate surface area is 93.4 Å². The predicted molar refractivity (Wildman–Crippen MR) is 58.5 cm³/mol. The summed E-state index contributed by atoms with van der Waals surface area (Å²) in [5.41, 5.74) is 1.24. The Balaban J connectivity index is 1.82. The van der Waals surface area contributed by atoms with Crippen LogP contribution in [0.25, 0.3) is 5.82 Å². The van der Waals surface area contributed by atoms with Gasteiger partial charge in [-0.3, -0.25) is 5.10 Å². The molecule has 5 heteroatoms. The normalized spacial score (nSPS) is 21.1. The van der Waals surface area contributed by atoms with Crippen molar-refractivity contribution in [3.8, 4) is 5.82 Å². The van der Waals surface area contributed by atoms with Gasteiger partial charge in [-0.05, 0) is 18.4 Å². The van der Waals surface area contributed by atoms with Crippen molar-refractivity contribution in [2.45, 2.75) is 18.8 Å². The smallest absolute Gasteiger partial charge is 0.149 e. The van der Waals surface area contributed by atoms with Crippen LogP contribution in [0.1, 0.15) is 24.3 Å². The summed E-state index contributed by atoms with van der Waals surface area (Å²) in [6.07, 6.45) is 8.02. The van der Waals surface area contributed by atoms with Crippen LogP contribution in [-0.2, 0) is 4.74 Å². The molecule has 0 aliphatic carbocycles. The Hall–Kier alpha value is -1.62. The lowest BCUT2D eigenvalue weighted by molar-refractivity contribution is 0.0804. The Kier molecular flexibility index (Phi) is 2.46. The molecule has 5 nitrogen and oxygen atoms in total. The number of aromatic nitrogens is 4. The molecule has 2 aromatic rings. The molecule has 1 unspecified atom stereocenters. The topological polar surface area (TPSA) is 55.7 Å². The molecule has 1 N–H and O–H groups in total. The van der Waals surface area contributed by atoms with E-state index in [-0.39, 0.29) is 0 Å². The zero-order valence-corrected chi connectivity index (χ0v) is 8.97. The van der Waals surface area contributed by atoms with Crippen molar-refractivity contribution in [3.05, 3.63) is 30.2 Å². The minimum atomic E-state index is 0.491. The van der Waals surface area contributed by atoms with Crippen molar-refractivity contribution in [2.75, 3.05) is 13.2 Å². The zero-order chi connectivity index (χ0) is 10.8. The van der Waals surface area contributed by atoms with E-state index in [4.69, 9.17) is 4.74 Å². The lowest BCUT2D eigenvalue weighted by Crippen LogP contribution is -2.14. The molecule has 0 bridgehead atoms. The molecule has 0 aromatic carbocycles. The van der Waals surface area contributed by atoms with E-state index < -0.39 is 0 Å². The Morgan fingerprint density at radius 3 is 3.25 bits per heavy atom. The second-order valence-electron chi connectivity index (χ2n) is 4.07. The molecule has 1 fully saturated rings. The highest BCUT2D eigenvalue weighted by Crippen LogP contribution is 2.25. The molecule has 0 amide bonds. The van der Waals surface area contributed by atoms with Gasteiger partial charge in [0.1, 0.15) is 5.82 Å². The van der Waals surface area contributed by atoms with Crippen LogP contribution in [0.3, 0.4) is 0 Å². The Morgan fingerprint density at radius 1 is 1.50 bits per heavy atom. The summed E-state index contributed by atoms with van der Waals surface area (Å²) in [6.45, 7) is 1.71. The number of ether oxygens (including phenoxy) is 1. The van der Waals surface area contributed by atoms with Crippen LogP contribution >= 0.6 is 0 Å². The van der Waals surface area contributed by atoms with Crippen molar-refractivity contribution >= 4 is 0 Å². The van der Waals surface area contributed by atoms with E-state index in [1.807, 2.05) is 23.1 Å². The SMILES string of the molecule is c1cc(-n2cc(C3CCCOC3)cn2)[nH]n1. The summed E-state index contributed by atoms with van der Waals surface area (Å²) in [5.74, 6) is 1.38. The minimum Gasteiger partial charge on any atom is -0.381 e. The third-order valence-corrected chi connectivity index (χ3v) is 2.97. The maximum Gasteiger partial charge on any atom is 0.149 e. The first-order valence-corrected chi connectivity index (χ1v) is 5.55. The predicted octanol–water partition coefficient (Wildman–Crippen LogP) is 1.49. The summed E-state index contributed by atoms with van der Waals surface area (Å²) in [4.78, 5) is 0. The minimum absolute atomic E-state index is 0.491. The van der Waals surface area contributed by atoms with Crippen molar-refractivity contribution in [1.29, 1.82) is 0 Å². The van der Waals surface area contributed by atoms with Crippen LogP contribution < -0.4 is 0 Å². The molecule has 1 saturated heterocycles. The van der Waals surface area contributed by atoms with Crippen molar-refractivity contribution in [3.63, 3.8) is 0 Å². The van der Waals surface area contributed by atoms with Crippen molar-refractivity contribution in [1.82, 2.24) is 20.0 Å². The van der Waals surface area contributed by atoms with Gasteiger partial charge in [-0.2, -0.15) is 10.2 Å². The van der Waals surface area contributed by atoms with E-state index in [0.29, 0.717) is 5.92 Å². The fraction of sp³-hybridized carbons (Fsp3) is 0.455. The van der Waals surface area contributed by atoms with Crippen LogP contribution in [0.2, 0.25) is 0 Å². The molecular weight excluding hydrogens is 204 g/mol. The maximum atomic E-state index is 5.48. The monoisotopic (exact) mass is 218 g/mol. The van der Waals surface area contributed by atoms with Crippen molar-refractivity contribution in [2.24, 2.45) is 0 Å². The number of hydrogen-bond donors (Lipinski definition) is 1. The third-order valence-electron chi connectivity index (χ3n) is 2.97. The quantitative estimate of drug-likeness (QED) is 0.830. The van der Waals surface area contributed by atoms with Crippen LogP contribution in [0.5, 0.6) is 0 Å². The molecular formula is C11H14N4O. The van der Waals surface area contributed by atoms with Gasteiger partial charge in [-0.1, -0.05) is 0 Å². The molecule has 3 heterocycles. The second-order valence-corrected chi connectivity index (χ2v) is 4.07. The molecule has 3 rings (SSSR count). The van der Waals surface area contributed by atoms with E-state index in [0.717, 1.165) is 25.5 Å². The molecule has 16 heavy (non-hydrogen) atoms. The molecule has 1 aliphatic rings. The first-order valence-electron chi connectivity index (χ1n) is 5.55. The van der Waals surface area contributed by atoms with E-state index in [1.165, 1.54) is 12.0 Å². The summed E-state index contributed by atoms with van der Waals surface area (Å²) >= 11 is 0. The van der Waals surface area contributed by atoms with E-state index >= 15 is 0 Å². The number of nitrogens with zero attached hydrogens (tertiary/aromatic N) is 3. The highest BCUT2D eigenvalue weighted by Gasteiger charge is 2.17. The average molecular weight is 218 g/mol. The van der Waals surface area contributed by atoms with Gasteiger partial charge < -0.3 is 4.74 Å². The van der Waals surface area contributed by atoms with Gasteiger partial charge in [0.2, 0.25) is 0 Å². The van der Waals surface area contributed by atoms with E-state index in [2.05, 4.69) is 15.3 Å². The first-order chi connectivity index (χ1) is 7.93. The summed E-state index contributed by atoms with van der Waals surface area (Å²) < 4.78 is 7.30. The molecule has 0 spiro atoms. The van der Waals surface area contributed by atoms with Gasteiger partial charge in [0, 0.05) is 24.8 Å². The van der Waals surface area contributed by atoms with Crippen LogP contribution in [-0.4, -0.2) is 33.2 Å². The Morgan fingerprint density at radius 2 is 2.50 bits per heavy atom. The lowest BCUT2D eigenvalue weighted by atomic mass is 9.96. The average Bonchev–Trinajstić information content (AvgIpc) is 3.01. The van der Waals surface area contributed by atoms with E-state index in [1.54, 1.807) is 6.20 Å². The van der Waals surface area contributed by atoms with Gasteiger partial charge in [-0.15, -0.1) is 0 Å². The Bertz CT molecular complexity index is 442. The van der Waals surface area contributed by atoms with Gasteiger partial charge in [0.25, 0.3) is 0 Å². The van der Waals surface area contributed by atoms with Gasteiger partial charge in [0.15, 0.2) is 0 Å². The maximum absolute atomic E-state index is 5.48. The number of rotatable bonds is 2. The van der Waals surface area contributed by atoms with Gasteiger partial charge in [-0.25, -0.2) is 4.68 Å². The van der Waals surface area contributed by atoms with Gasteiger partial charge in [0.05, 0.1) is 19.0 Å². The van der Waals surface area contributed by atoms with Gasteiger partial charge >= 0.3 is 0 Å². The van der Waals surface area contributed by atoms with Crippen LogP contribution in [0.15, 0.2) is 24.7 Å². The summed E-state index contributed by atoms with van der Waals surface area (Å²) in [6, 6.07) is 1.90. The lowest BCUT2D eigenvalue weighted by Gasteiger charge is -2.20. The molecule has 1 atom stereocenters. The number of nitrogens with one attached hydrogen (secondary N) is 1. The largest absolute Gasteiger partial charge is 0.381 e. The first kappa shape index (κ1) is 9.59. The van der Waals surface area contributed by atoms with Crippen LogP contribution in [0.4, 0.5) is 0 Å². The standard InChI is InChI=1S/C11H14N4O/c1-2-9(8-16-5-1)10-6-13-15(7-10)11-3-4-12-14-11/h3-4,6-7,9H,1-2,5,8H2,(H,12,14). The fourth-order valence-electron chi connectivity index (χ4n) is 2.06. The number of H-pyrrole nitrogens is 1. The highest BCUT2D eigenvalue weighted by molar-refractivity contribution is 5.22. The summed E-state index contributed by atoms with van der Waals surface area (Å²) in [7, 11) is 0. The number of aromatic amines is 1. The molecule has 1 aliphatic heterocycles. The fourth-order valence-corrected chi connectivity index (χ4v) is 2.06.